The van der Waals surface area contributed by atoms with E-state index in [2.05, 4.69) is 20.1 Å². The van der Waals surface area contributed by atoms with E-state index in [4.69, 9.17) is 0 Å². The minimum absolute atomic E-state index is 0.00578. The summed E-state index contributed by atoms with van der Waals surface area (Å²) in [4.78, 5) is 13.5. The van der Waals surface area contributed by atoms with Crippen LogP contribution in [0.15, 0.2) is 0 Å². The molecule has 2 heterocycles. The van der Waals surface area contributed by atoms with Crippen LogP contribution in [0.1, 0.15) is 25.0 Å². The maximum Gasteiger partial charge on any atom is 0.317 e. The van der Waals surface area contributed by atoms with Crippen molar-refractivity contribution in [3.8, 4) is 0 Å². The van der Waals surface area contributed by atoms with Crippen molar-refractivity contribution in [1.82, 2.24) is 25.0 Å². The van der Waals surface area contributed by atoms with Crippen LogP contribution < -0.4 is 5.32 Å². The van der Waals surface area contributed by atoms with Crippen molar-refractivity contribution in [2.45, 2.75) is 33.4 Å². The minimum Gasteiger partial charge on any atom is -0.338 e. The molecule has 0 aliphatic carbocycles. The van der Waals surface area contributed by atoms with Crippen molar-refractivity contribution in [2.75, 3.05) is 13.1 Å². The average molecular weight is 223 g/mol. The number of carbonyl (C=O) groups is 1. The van der Waals surface area contributed by atoms with Gasteiger partial charge in [0.1, 0.15) is 5.82 Å². The molecule has 0 atom stereocenters. The Bertz CT molecular complexity index is 387. The van der Waals surface area contributed by atoms with Gasteiger partial charge in [-0.3, -0.25) is 0 Å². The molecule has 1 aromatic heterocycles. The Kier molecular flexibility index (Phi) is 3.07. The van der Waals surface area contributed by atoms with Crippen molar-refractivity contribution in [1.29, 1.82) is 0 Å². The molecule has 0 saturated carbocycles. The smallest absolute Gasteiger partial charge is 0.317 e. The predicted molar refractivity (Wildman–Crippen MR) is 58.9 cm³/mol. The van der Waals surface area contributed by atoms with E-state index in [1.54, 1.807) is 4.90 Å². The van der Waals surface area contributed by atoms with Crippen LogP contribution in [0.4, 0.5) is 4.79 Å². The third-order valence-electron chi connectivity index (χ3n) is 2.75. The van der Waals surface area contributed by atoms with Gasteiger partial charge < -0.3 is 14.8 Å². The lowest BCUT2D eigenvalue weighted by Gasteiger charge is -2.27. The summed E-state index contributed by atoms with van der Waals surface area (Å²) in [5.41, 5.74) is 0. The summed E-state index contributed by atoms with van der Waals surface area (Å²) in [6.45, 7) is 6.76. The van der Waals surface area contributed by atoms with Gasteiger partial charge in [-0.2, -0.15) is 0 Å². The Morgan fingerprint density at radius 2 is 2.25 bits per heavy atom. The third-order valence-corrected chi connectivity index (χ3v) is 2.75. The number of rotatable bonds is 2. The molecule has 0 fully saturated rings. The highest BCUT2D eigenvalue weighted by Gasteiger charge is 2.22. The van der Waals surface area contributed by atoms with Gasteiger partial charge >= 0.3 is 6.03 Å². The van der Waals surface area contributed by atoms with Gasteiger partial charge in [0.2, 0.25) is 0 Å². The zero-order chi connectivity index (χ0) is 11.5. The van der Waals surface area contributed by atoms with Gasteiger partial charge in [0.15, 0.2) is 5.82 Å². The maximum atomic E-state index is 11.7. The summed E-state index contributed by atoms with van der Waals surface area (Å²) in [5.74, 6) is 1.79. The molecule has 0 aromatic carbocycles. The number of nitrogens with zero attached hydrogens (tertiary/aromatic N) is 4. The van der Waals surface area contributed by atoms with Gasteiger partial charge in [-0.15, -0.1) is 10.2 Å². The van der Waals surface area contributed by atoms with Crippen molar-refractivity contribution in [3.05, 3.63) is 11.6 Å². The van der Waals surface area contributed by atoms with Gasteiger partial charge in [-0.25, -0.2) is 4.79 Å². The maximum absolute atomic E-state index is 11.7. The summed E-state index contributed by atoms with van der Waals surface area (Å²) in [5, 5.41) is 10.9. The van der Waals surface area contributed by atoms with Crippen LogP contribution in [0, 0.1) is 6.92 Å². The summed E-state index contributed by atoms with van der Waals surface area (Å²) in [6.07, 6.45) is 0.953. The molecule has 0 spiro atoms. The quantitative estimate of drug-likeness (QED) is 0.795. The molecule has 0 radical (unpaired) electrons. The number of nitrogens with one attached hydrogen (secondary N) is 1. The van der Waals surface area contributed by atoms with Crippen LogP contribution in [-0.2, 0) is 13.1 Å². The van der Waals surface area contributed by atoms with Gasteiger partial charge in [-0.05, 0) is 13.3 Å². The number of urea groups is 1. The van der Waals surface area contributed by atoms with E-state index in [1.807, 2.05) is 13.8 Å². The summed E-state index contributed by atoms with van der Waals surface area (Å²) in [6, 6.07) is -0.00578. The minimum atomic E-state index is -0.00578. The zero-order valence-electron chi connectivity index (χ0n) is 9.73. The Morgan fingerprint density at radius 3 is 3.00 bits per heavy atom. The Labute approximate surface area is 94.6 Å². The first-order valence-corrected chi connectivity index (χ1v) is 5.64. The highest BCUT2D eigenvalue weighted by atomic mass is 16.2. The molecule has 1 aliphatic heterocycles. The fraction of sp³-hybridized carbons (Fsp3) is 0.700. The highest BCUT2D eigenvalue weighted by molar-refractivity contribution is 5.74. The number of hydrogen-bond acceptors (Lipinski definition) is 3. The fourth-order valence-corrected chi connectivity index (χ4v) is 1.82. The first-order valence-electron chi connectivity index (χ1n) is 5.64. The van der Waals surface area contributed by atoms with E-state index in [-0.39, 0.29) is 6.03 Å². The molecule has 16 heavy (non-hydrogen) atoms. The van der Waals surface area contributed by atoms with Crippen molar-refractivity contribution < 1.29 is 4.79 Å². The monoisotopic (exact) mass is 223 g/mol. The Morgan fingerprint density at radius 1 is 1.44 bits per heavy atom. The molecule has 0 bridgehead atoms. The SMILES string of the molecule is CCCNC(=O)N1CCn2c(C)nnc2C1. The van der Waals surface area contributed by atoms with Crippen LogP contribution >= 0.6 is 0 Å². The zero-order valence-corrected chi connectivity index (χ0v) is 9.73. The second kappa shape index (κ2) is 4.51. The highest BCUT2D eigenvalue weighted by Crippen LogP contribution is 2.11. The standard InChI is InChI=1S/C10H17N5O/c1-3-4-11-10(16)14-5-6-15-8(2)12-13-9(15)7-14/h3-7H2,1-2H3,(H,11,16). The van der Waals surface area contributed by atoms with Crippen molar-refractivity contribution in [2.24, 2.45) is 0 Å². The molecular weight excluding hydrogens is 206 g/mol. The summed E-state index contributed by atoms with van der Waals surface area (Å²) < 4.78 is 2.06. The molecule has 6 heteroatoms. The number of hydrogen-bond donors (Lipinski definition) is 1. The molecule has 1 N–H and O–H groups in total. The number of carbonyl (C=O) groups excluding carboxylic acids is 1. The van der Waals surface area contributed by atoms with E-state index in [1.165, 1.54) is 0 Å². The largest absolute Gasteiger partial charge is 0.338 e. The Balaban J connectivity index is 2.00. The first-order chi connectivity index (χ1) is 7.72. The number of amides is 2. The van der Waals surface area contributed by atoms with Gasteiger partial charge in [-0.1, -0.05) is 6.92 Å². The van der Waals surface area contributed by atoms with E-state index in [0.29, 0.717) is 6.54 Å². The average Bonchev–Trinajstić information content (AvgIpc) is 2.67. The molecular formula is C10H17N5O. The van der Waals surface area contributed by atoms with Gasteiger partial charge in [0.05, 0.1) is 6.54 Å². The second-order valence-corrected chi connectivity index (χ2v) is 3.97. The molecule has 0 saturated heterocycles. The topological polar surface area (TPSA) is 63.1 Å². The van der Waals surface area contributed by atoms with E-state index in [0.717, 1.165) is 37.7 Å². The molecule has 6 nitrogen and oxygen atoms in total. The first kappa shape index (κ1) is 10.9. The number of fused-ring (bicyclic) bond motifs is 1. The van der Waals surface area contributed by atoms with Crippen LogP contribution in [0.2, 0.25) is 0 Å². The van der Waals surface area contributed by atoms with Gasteiger partial charge in [0, 0.05) is 19.6 Å². The lowest BCUT2D eigenvalue weighted by Crippen LogP contribution is -2.44. The predicted octanol–water partition coefficient (Wildman–Crippen LogP) is 0.522. The second-order valence-electron chi connectivity index (χ2n) is 3.97. The normalized spacial score (nSPS) is 14.8. The van der Waals surface area contributed by atoms with E-state index in [9.17, 15) is 4.79 Å². The van der Waals surface area contributed by atoms with Crippen LogP contribution in [0.5, 0.6) is 0 Å². The fourth-order valence-electron chi connectivity index (χ4n) is 1.82. The van der Waals surface area contributed by atoms with Crippen LogP contribution in [0.25, 0.3) is 0 Å². The summed E-state index contributed by atoms with van der Waals surface area (Å²) >= 11 is 0. The van der Waals surface area contributed by atoms with Gasteiger partial charge in [0.25, 0.3) is 0 Å². The lowest BCUT2D eigenvalue weighted by atomic mass is 10.3. The molecule has 1 aromatic rings. The molecule has 2 amide bonds. The molecule has 0 unspecified atom stereocenters. The summed E-state index contributed by atoms with van der Waals surface area (Å²) in [7, 11) is 0. The van der Waals surface area contributed by atoms with E-state index < -0.39 is 0 Å². The number of aryl methyl sites for hydroxylation is 1. The van der Waals surface area contributed by atoms with Crippen molar-refractivity contribution in [3.63, 3.8) is 0 Å². The van der Waals surface area contributed by atoms with Crippen LogP contribution in [0.3, 0.4) is 0 Å². The van der Waals surface area contributed by atoms with E-state index >= 15 is 0 Å². The lowest BCUT2D eigenvalue weighted by molar-refractivity contribution is 0.182. The third kappa shape index (κ3) is 2.00. The Hall–Kier alpha value is -1.59. The molecule has 88 valence electrons. The molecule has 2 rings (SSSR count). The van der Waals surface area contributed by atoms with Crippen LogP contribution in [-0.4, -0.2) is 38.8 Å². The van der Waals surface area contributed by atoms with Crippen molar-refractivity contribution >= 4 is 6.03 Å². The number of aromatic nitrogens is 3. The molecule has 1 aliphatic rings.